The minimum atomic E-state index is -0.670. The van der Waals surface area contributed by atoms with Gasteiger partial charge in [-0.25, -0.2) is 4.99 Å². The maximum absolute atomic E-state index is 12.5. The van der Waals surface area contributed by atoms with Crippen molar-refractivity contribution < 1.29 is 19.1 Å². The van der Waals surface area contributed by atoms with Gasteiger partial charge in [0.15, 0.2) is 0 Å². The number of para-hydroxylation sites is 1. The number of hydrogen-bond acceptors (Lipinski definition) is 5. The highest BCUT2D eigenvalue weighted by Gasteiger charge is 2.27. The van der Waals surface area contributed by atoms with E-state index in [-0.39, 0.29) is 48.5 Å². The zero-order valence-electron chi connectivity index (χ0n) is 16.4. The Morgan fingerprint density at radius 1 is 1.31 bits per heavy atom. The third-order valence-electron chi connectivity index (χ3n) is 4.54. The van der Waals surface area contributed by atoms with E-state index in [1.54, 1.807) is 18.2 Å². The van der Waals surface area contributed by atoms with Gasteiger partial charge in [0, 0.05) is 23.8 Å². The van der Waals surface area contributed by atoms with Gasteiger partial charge in [0.2, 0.25) is 5.69 Å². The molecule has 0 unspecified atom stereocenters. The molecule has 0 atom stereocenters. The number of ether oxygens (including phenoxy) is 1. The number of nitrogens with zero attached hydrogens (tertiary/aromatic N) is 2. The maximum Gasteiger partial charge on any atom is 0.409 e. The number of carbonyl (C=O) groups is 2. The van der Waals surface area contributed by atoms with Gasteiger partial charge in [0.1, 0.15) is 0 Å². The summed E-state index contributed by atoms with van der Waals surface area (Å²) in [6, 6.07) is 7.16. The smallest absolute Gasteiger partial charge is 0.409 e. The van der Waals surface area contributed by atoms with E-state index < -0.39 is 11.5 Å². The van der Waals surface area contributed by atoms with Crippen LogP contribution >= 0.6 is 0 Å². The van der Waals surface area contributed by atoms with Crippen LogP contribution < -0.4 is 30.9 Å². The Balaban J connectivity index is 1.79. The highest BCUT2D eigenvalue weighted by molar-refractivity contribution is 6.15. The van der Waals surface area contributed by atoms with E-state index in [0.717, 1.165) is 5.22 Å². The number of benzene rings is 1. The summed E-state index contributed by atoms with van der Waals surface area (Å²) in [5.74, 6) is -1.20. The Bertz CT molecular complexity index is 1150. The summed E-state index contributed by atoms with van der Waals surface area (Å²) >= 11 is 0. The number of amides is 2. The van der Waals surface area contributed by atoms with Crippen molar-refractivity contribution in [2.24, 2.45) is 10.9 Å². The number of H-pyrrole nitrogens is 1. The van der Waals surface area contributed by atoms with Gasteiger partial charge in [-0.1, -0.05) is 32.0 Å². The zero-order chi connectivity index (χ0) is 21.1. The van der Waals surface area contributed by atoms with Crippen LogP contribution in [0.5, 0.6) is 5.88 Å². The molecule has 0 saturated carbocycles. The molecule has 0 spiro atoms. The Morgan fingerprint density at radius 3 is 2.72 bits per heavy atom. The number of methoxy groups -OCH3 is 1. The molecule has 0 fully saturated rings. The summed E-state index contributed by atoms with van der Waals surface area (Å²) in [6.07, 6.45) is 0.515. The lowest BCUT2D eigenvalue weighted by Crippen LogP contribution is -2.45. The molecule has 1 aromatic carbocycles. The third-order valence-corrected chi connectivity index (χ3v) is 4.54. The van der Waals surface area contributed by atoms with Gasteiger partial charge < -0.3 is 20.2 Å². The molecule has 2 N–H and O–H groups in total. The normalized spacial score (nSPS) is 12.7. The molecule has 2 heterocycles. The van der Waals surface area contributed by atoms with E-state index in [9.17, 15) is 19.6 Å². The first-order valence-corrected chi connectivity index (χ1v) is 9.25. The second kappa shape index (κ2) is 8.26. The number of carbonyl (C=O) groups excluding carboxylic acids is 2. The van der Waals surface area contributed by atoms with Crippen LogP contribution in [-0.2, 0) is 11.2 Å². The monoisotopic (exact) mass is 398 g/mol. The van der Waals surface area contributed by atoms with Crippen molar-refractivity contribution >= 4 is 17.4 Å². The van der Waals surface area contributed by atoms with Crippen molar-refractivity contribution in [2.45, 2.75) is 26.7 Å². The standard InChI is InChI=1S/C20H22N4O5/c1-11(2)10-15-18(26)23-16(20(29-3)24(15)28)19(27)21-9-8-13-12-6-4-5-7-14(12)22-17(13)25/h4-7,11H,8-10H2,1-3H3,(H,21,27)(H,23,26). The van der Waals surface area contributed by atoms with Gasteiger partial charge in [-0.15, -0.1) is 4.73 Å². The van der Waals surface area contributed by atoms with Crippen LogP contribution in [0.4, 0.5) is 0 Å². The van der Waals surface area contributed by atoms with Gasteiger partial charge in [-0.3, -0.25) is 14.4 Å². The summed E-state index contributed by atoms with van der Waals surface area (Å²) in [4.78, 5) is 43.3. The number of rotatable bonds is 7. The van der Waals surface area contributed by atoms with Crippen LogP contribution in [0.2, 0.25) is 0 Å². The second-order valence-corrected chi connectivity index (χ2v) is 7.10. The summed E-state index contributed by atoms with van der Waals surface area (Å²) < 4.78 is 5.42. The number of aromatic amines is 1. The van der Waals surface area contributed by atoms with Gasteiger partial charge in [-0.05, 0) is 18.4 Å². The van der Waals surface area contributed by atoms with Gasteiger partial charge in [0.25, 0.3) is 17.5 Å². The SMILES string of the molecule is COc1c(C(=O)NCCC2=c3ccccc3=NC2=O)[nH]c(=O)c(CC(C)C)[n+]1[O-]. The first kappa shape index (κ1) is 20.2. The van der Waals surface area contributed by atoms with E-state index in [4.69, 9.17) is 4.74 Å². The fourth-order valence-corrected chi connectivity index (χ4v) is 3.21. The molecule has 152 valence electrons. The van der Waals surface area contributed by atoms with Crippen LogP contribution in [0.1, 0.15) is 36.5 Å². The van der Waals surface area contributed by atoms with Crippen LogP contribution in [0.3, 0.4) is 0 Å². The Morgan fingerprint density at radius 2 is 2.03 bits per heavy atom. The maximum atomic E-state index is 12.5. The largest absolute Gasteiger partial charge is 0.616 e. The Hall–Kier alpha value is -3.49. The van der Waals surface area contributed by atoms with Crippen molar-refractivity contribution in [3.05, 3.63) is 61.8 Å². The predicted molar refractivity (Wildman–Crippen MR) is 104 cm³/mol. The number of aromatic nitrogens is 2. The summed E-state index contributed by atoms with van der Waals surface area (Å²) in [5, 5.41) is 16.4. The number of fused-ring (bicyclic) bond motifs is 1. The van der Waals surface area contributed by atoms with E-state index in [0.29, 0.717) is 15.7 Å². The lowest BCUT2D eigenvalue weighted by molar-refractivity contribution is -0.622. The van der Waals surface area contributed by atoms with Crippen LogP contribution in [0.25, 0.3) is 5.57 Å². The third kappa shape index (κ3) is 4.03. The molecule has 0 aliphatic carbocycles. The molecule has 1 aliphatic heterocycles. The average Bonchev–Trinajstić information content (AvgIpc) is 3.00. The molecule has 0 radical (unpaired) electrons. The van der Waals surface area contributed by atoms with Crippen molar-refractivity contribution in [3.8, 4) is 5.88 Å². The lowest BCUT2D eigenvalue weighted by Gasteiger charge is -2.12. The molecule has 3 rings (SSSR count). The van der Waals surface area contributed by atoms with E-state index in [1.165, 1.54) is 7.11 Å². The molecule has 1 aromatic heterocycles. The highest BCUT2D eigenvalue weighted by Crippen LogP contribution is 2.11. The fraction of sp³-hybridized carbons (Fsp3) is 0.350. The molecule has 9 heteroatoms. The molecule has 0 saturated heterocycles. The molecule has 1 aliphatic rings. The molecule has 9 nitrogen and oxygen atoms in total. The van der Waals surface area contributed by atoms with Gasteiger partial charge in [-0.2, -0.15) is 0 Å². The number of nitrogens with one attached hydrogen (secondary N) is 2. The predicted octanol–water partition coefficient (Wildman–Crippen LogP) is -0.654. The Labute approximate surface area is 166 Å². The Kier molecular flexibility index (Phi) is 5.76. The van der Waals surface area contributed by atoms with Crippen LogP contribution in [0.15, 0.2) is 34.1 Å². The van der Waals surface area contributed by atoms with Crippen molar-refractivity contribution in [3.63, 3.8) is 0 Å². The fourth-order valence-electron chi connectivity index (χ4n) is 3.21. The second-order valence-electron chi connectivity index (χ2n) is 7.10. The number of hydrogen-bond donors (Lipinski definition) is 2. The van der Waals surface area contributed by atoms with Crippen LogP contribution in [-0.4, -0.2) is 30.5 Å². The average molecular weight is 398 g/mol. The van der Waals surface area contributed by atoms with E-state index in [1.807, 2.05) is 19.9 Å². The van der Waals surface area contributed by atoms with Crippen molar-refractivity contribution in [1.29, 1.82) is 0 Å². The van der Waals surface area contributed by atoms with E-state index in [2.05, 4.69) is 15.3 Å². The molecule has 0 bridgehead atoms. The van der Waals surface area contributed by atoms with Crippen molar-refractivity contribution in [2.75, 3.05) is 13.7 Å². The van der Waals surface area contributed by atoms with Crippen LogP contribution in [0, 0.1) is 11.1 Å². The quantitative estimate of drug-likeness (QED) is 0.473. The zero-order valence-corrected chi connectivity index (χ0v) is 16.4. The molecule has 2 amide bonds. The molecule has 2 aromatic rings. The highest BCUT2D eigenvalue weighted by atomic mass is 16.5. The first-order chi connectivity index (χ1) is 13.8. The minimum absolute atomic E-state index is 0.0151. The lowest BCUT2D eigenvalue weighted by atomic mass is 10.1. The molecular formula is C20H22N4O5. The summed E-state index contributed by atoms with van der Waals surface area (Å²) in [5.41, 5.74) is -0.396. The molecular weight excluding hydrogens is 376 g/mol. The molecule has 29 heavy (non-hydrogen) atoms. The topological polar surface area (TPSA) is 128 Å². The van der Waals surface area contributed by atoms with Gasteiger partial charge in [0.05, 0.1) is 12.5 Å². The van der Waals surface area contributed by atoms with Gasteiger partial charge >= 0.3 is 11.4 Å². The summed E-state index contributed by atoms with van der Waals surface area (Å²) in [6.45, 7) is 3.87. The van der Waals surface area contributed by atoms with Crippen molar-refractivity contribution in [1.82, 2.24) is 10.3 Å². The summed E-state index contributed by atoms with van der Waals surface area (Å²) in [7, 11) is 1.25. The van der Waals surface area contributed by atoms with E-state index >= 15 is 0 Å². The minimum Gasteiger partial charge on any atom is -0.616 e. The first-order valence-electron chi connectivity index (χ1n) is 9.25.